The van der Waals surface area contributed by atoms with E-state index in [-0.39, 0.29) is 17.8 Å². The second kappa shape index (κ2) is 6.33. The van der Waals surface area contributed by atoms with Crippen molar-refractivity contribution in [1.82, 2.24) is 0 Å². The molecule has 1 aliphatic carbocycles. The molecule has 1 N–H and O–H groups in total. The molecule has 2 aromatic carbocycles. The Morgan fingerprint density at radius 1 is 1.19 bits per heavy atom. The molecular formula is C21H18O5. The van der Waals surface area contributed by atoms with Crippen molar-refractivity contribution >= 4 is 16.9 Å². The monoisotopic (exact) mass is 350 g/mol. The summed E-state index contributed by atoms with van der Waals surface area (Å²) >= 11 is 0. The van der Waals surface area contributed by atoms with Crippen molar-refractivity contribution in [3.8, 4) is 5.75 Å². The Morgan fingerprint density at radius 2 is 2.00 bits per heavy atom. The van der Waals surface area contributed by atoms with E-state index in [0.717, 1.165) is 46.9 Å². The van der Waals surface area contributed by atoms with Crippen molar-refractivity contribution in [1.29, 1.82) is 0 Å². The molecule has 4 rings (SSSR count). The van der Waals surface area contributed by atoms with E-state index < -0.39 is 5.97 Å². The zero-order chi connectivity index (χ0) is 18.3. The summed E-state index contributed by atoms with van der Waals surface area (Å²) in [5, 5.41) is 10.1. The van der Waals surface area contributed by atoms with Crippen molar-refractivity contribution in [2.75, 3.05) is 0 Å². The highest BCUT2D eigenvalue weighted by atomic mass is 16.5. The van der Waals surface area contributed by atoms with Gasteiger partial charge in [0.15, 0.2) is 0 Å². The van der Waals surface area contributed by atoms with E-state index in [1.165, 1.54) is 0 Å². The average Bonchev–Trinajstić information content (AvgIpc) is 3.13. The van der Waals surface area contributed by atoms with Crippen LogP contribution in [0.4, 0.5) is 0 Å². The maximum atomic E-state index is 12.2. The van der Waals surface area contributed by atoms with Gasteiger partial charge in [-0.1, -0.05) is 12.1 Å². The van der Waals surface area contributed by atoms with Crippen LogP contribution in [-0.2, 0) is 19.4 Å². The lowest BCUT2D eigenvalue weighted by Crippen LogP contribution is -2.08. The highest BCUT2D eigenvalue weighted by molar-refractivity contribution is 5.88. The van der Waals surface area contributed by atoms with Crippen LogP contribution in [-0.4, -0.2) is 11.1 Å². The van der Waals surface area contributed by atoms with Gasteiger partial charge in [0.05, 0.1) is 5.56 Å². The summed E-state index contributed by atoms with van der Waals surface area (Å²) in [6.07, 6.45) is 2.67. The van der Waals surface area contributed by atoms with Gasteiger partial charge in [-0.3, -0.25) is 0 Å². The molecule has 1 aromatic heterocycles. The van der Waals surface area contributed by atoms with Crippen molar-refractivity contribution < 1.29 is 19.1 Å². The molecule has 0 amide bonds. The molecule has 0 aliphatic heterocycles. The Kier molecular flexibility index (Phi) is 3.99. The van der Waals surface area contributed by atoms with E-state index in [1.54, 1.807) is 18.2 Å². The largest absolute Gasteiger partial charge is 0.488 e. The maximum absolute atomic E-state index is 12.2. The first kappa shape index (κ1) is 16.4. The van der Waals surface area contributed by atoms with E-state index in [9.17, 15) is 9.59 Å². The third-order valence-electron chi connectivity index (χ3n) is 4.91. The number of ether oxygens (including phenoxy) is 1. The third-order valence-corrected chi connectivity index (χ3v) is 4.91. The van der Waals surface area contributed by atoms with Crippen LogP contribution in [0.1, 0.15) is 39.0 Å². The van der Waals surface area contributed by atoms with Gasteiger partial charge in [0.1, 0.15) is 17.9 Å². The van der Waals surface area contributed by atoms with Crippen LogP contribution in [0.25, 0.3) is 11.0 Å². The molecule has 5 nitrogen and oxygen atoms in total. The van der Waals surface area contributed by atoms with Gasteiger partial charge in [0.2, 0.25) is 0 Å². The van der Waals surface area contributed by atoms with Gasteiger partial charge in [-0.25, -0.2) is 9.59 Å². The highest BCUT2D eigenvalue weighted by Gasteiger charge is 2.21. The minimum absolute atomic E-state index is 0.225. The molecule has 0 bridgehead atoms. The van der Waals surface area contributed by atoms with Gasteiger partial charge >= 0.3 is 11.6 Å². The van der Waals surface area contributed by atoms with Gasteiger partial charge < -0.3 is 14.3 Å². The lowest BCUT2D eigenvalue weighted by Gasteiger charge is -2.12. The number of aromatic carboxylic acids is 1. The number of aryl methyl sites for hydroxylation is 2. The van der Waals surface area contributed by atoms with Gasteiger partial charge in [0.25, 0.3) is 0 Å². The standard InChI is InChI=1S/C21H18O5/c1-12-18(25-11-13-4-2-5-14(10-13)20(22)23)9-8-16-15-6-3-7-17(15)21(24)26-19(12)16/h2,4-5,8-10H,3,6-7,11H2,1H3,(H,22,23). The number of hydrogen-bond acceptors (Lipinski definition) is 4. The second-order valence-corrected chi connectivity index (χ2v) is 6.56. The Balaban J connectivity index is 1.67. The summed E-state index contributed by atoms with van der Waals surface area (Å²) in [6.45, 7) is 2.11. The number of rotatable bonds is 4. The van der Waals surface area contributed by atoms with E-state index in [4.69, 9.17) is 14.3 Å². The highest BCUT2D eigenvalue weighted by Crippen LogP contribution is 2.33. The normalized spacial score (nSPS) is 13.0. The number of carboxylic acid groups (broad SMARTS) is 1. The average molecular weight is 350 g/mol. The molecule has 26 heavy (non-hydrogen) atoms. The van der Waals surface area contributed by atoms with Crippen LogP contribution < -0.4 is 10.4 Å². The van der Waals surface area contributed by atoms with Gasteiger partial charge in [0, 0.05) is 16.5 Å². The van der Waals surface area contributed by atoms with Crippen molar-refractivity contribution in [3.05, 3.63) is 74.6 Å². The molecule has 0 saturated heterocycles. The molecule has 5 heteroatoms. The molecule has 1 aliphatic rings. The molecule has 132 valence electrons. The van der Waals surface area contributed by atoms with E-state index in [0.29, 0.717) is 11.3 Å². The minimum Gasteiger partial charge on any atom is -0.488 e. The molecule has 0 spiro atoms. The van der Waals surface area contributed by atoms with Crippen molar-refractivity contribution in [2.45, 2.75) is 32.8 Å². The molecule has 0 saturated carbocycles. The fraction of sp³-hybridized carbons (Fsp3) is 0.238. The number of fused-ring (bicyclic) bond motifs is 3. The predicted octanol–water partition coefficient (Wildman–Crippen LogP) is 3.87. The summed E-state index contributed by atoms with van der Waals surface area (Å²) in [7, 11) is 0. The number of benzene rings is 2. The summed E-state index contributed by atoms with van der Waals surface area (Å²) in [4.78, 5) is 23.3. The maximum Gasteiger partial charge on any atom is 0.339 e. The topological polar surface area (TPSA) is 76.7 Å². The zero-order valence-corrected chi connectivity index (χ0v) is 14.4. The third kappa shape index (κ3) is 2.75. The Bertz CT molecular complexity index is 1080. The van der Waals surface area contributed by atoms with Gasteiger partial charge in [-0.2, -0.15) is 0 Å². The number of carbonyl (C=O) groups is 1. The molecule has 3 aromatic rings. The van der Waals surface area contributed by atoms with Crippen LogP contribution >= 0.6 is 0 Å². The first-order valence-electron chi connectivity index (χ1n) is 8.58. The Labute approximate surface area is 149 Å². The predicted molar refractivity (Wildman–Crippen MR) is 97.0 cm³/mol. The summed E-state index contributed by atoms with van der Waals surface area (Å²) in [5.74, 6) is -0.344. The first-order valence-corrected chi connectivity index (χ1v) is 8.58. The molecule has 0 fully saturated rings. The lowest BCUT2D eigenvalue weighted by molar-refractivity contribution is 0.0696. The number of hydrogen-bond donors (Lipinski definition) is 1. The van der Waals surface area contributed by atoms with Crippen LogP contribution in [0.15, 0.2) is 45.6 Å². The lowest BCUT2D eigenvalue weighted by atomic mass is 10.0. The van der Waals surface area contributed by atoms with E-state index >= 15 is 0 Å². The van der Waals surface area contributed by atoms with Crippen LogP contribution in [0.5, 0.6) is 5.75 Å². The zero-order valence-electron chi connectivity index (χ0n) is 14.4. The summed E-state index contributed by atoms with van der Waals surface area (Å²) in [5.41, 5.74) is 3.99. The molecule has 0 unspecified atom stereocenters. The van der Waals surface area contributed by atoms with Crippen molar-refractivity contribution in [2.24, 2.45) is 0 Å². The first-order chi connectivity index (χ1) is 12.5. The number of carboxylic acids is 1. The summed E-state index contributed by atoms with van der Waals surface area (Å²) in [6, 6.07) is 10.5. The summed E-state index contributed by atoms with van der Waals surface area (Å²) < 4.78 is 11.4. The van der Waals surface area contributed by atoms with Gasteiger partial charge in [-0.15, -0.1) is 0 Å². The fourth-order valence-corrected chi connectivity index (χ4v) is 3.57. The smallest absolute Gasteiger partial charge is 0.339 e. The van der Waals surface area contributed by atoms with E-state index in [2.05, 4.69) is 0 Å². The second-order valence-electron chi connectivity index (χ2n) is 6.56. The Hall–Kier alpha value is -3.08. The molecule has 1 heterocycles. The molecule has 0 atom stereocenters. The van der Waals surface area contributed by atoms with Crippen molar-refractivity contribution in [3.63, 3.8) is 0 Å². The minimum atomic E-state index is -0.968. The SMILES string of the molecule is Cc1c(OCc2cccc(C(=O)O)c2)ccc2c3c(c(=O)oc12)CCC3. The quantitative estimate of drug-likeness (QED) is 0.723. The van der Waals surface area contributed by atoms with E-state index in [1.807, 2.05) is 25.1 Å². The Morgan fingerprint density at radius 3 is 2.81 bits per heavy atom. The van der Waals surface area contributed by atoms with Gasteiger partial charge in [-0.05, 0) is 61.6 Å². The van der Waals surface area contributed by atoms with Crippen LogP contribution in [0.3, 0.4) is 0 Å². The molecule has 0 radical (unpaired) electrons. The molecular weight excluding hydrogens is 332 g/mol. The van der Waals surface area contributed by atoms with Crippen LogP contribution in [0, 0.1) is 6.92 Å². The fourth-order valence-electron chi connectivity index (χ4n) is 3.57. The van der Waals surface area contributed by atoms with Crippen LogP contribution in [0.2, 0.25) is 0 Å².